The number of aryl methyl sites for hydroxylation is 2. The average molecular weight is 409 g/mol. The highest BCUT2D eigenvalue weighted by Crippen LogP contribution is 2.36. The summed E-state index contributed by atoms with van der Waals surface area (Å²) in [6, 6.07) is 4.16. The molecule has 0 bridgehead atoms. The van der Waals surface area contributed by atoms with E-state index in [1.165, 1.54) is 5.56 Å². The van der Waals surface area contributed by atoms with E-state index >= 15 is 0 Å². The maximum atomic E-state index is 13.0. The minimum atomic E-state index is -0.652. The van der Waals surface area contributed by atoms with Gasteiger partial charge in [-0.05, 0) is 62.8 Å². The lowest BCUT2D eigenvalue weighted by Gasteiger charge is -2.33. The lowest BCUT2D eigenvalue weighted by atomic mass is 9.83. The zero-order valence-corrected chi connectivity index (χ0v) is 17.6. The van der Waals surface area contributed by atoms with E-state index in [0.29, 0.717) is 36.6 Å². The van der Waals surface area contributed by atoms with E-state index < -0.39 is 5.60 Å². The van der Waals surface area contributed by atoms with Gasteiger partial charge < -0.3 is 15.2 Å². The van der Waals surface area contributed by atoms with Crippen molar-refractivity contribution in [3.8, 4) is 5.75 Å². The zero-order valence-electron chi connectivity index (χ0n) is 17.6. The zero-order chi connectivity index (χ0) is 21.0. The van der Waals surface area contributed by atoms with Gasteiger partial charge in [-0.15, -0.1) is 0 Å². The van der Waals surface area contributed by atoms with Gasteiger partial charge in [-0.3, -0.25) is 9.13 Å². The van der Waals surface area contributed by atoms with Crippen molar-refractivity contribution < 1.29 is 9.84 Å². The van der Waals surface area contributed by atoms with Gasteiger partial charge >= 0.3 is 5.69 Å². The predicted molar refractivity (Wildman–Crippen MR) is 115 cm³/mol. The standard InChI is InChI=1S/C22H27N5O3/c1-13-10-18-14(6-9-30-18)11-16(13)24-20-23-12-17-19(25-20)27(21(28)26(17)3)15-4-7-22(2,29)8-5-15/h10-12,15,29H,4-9H2,1-3H3,(H,23,24,25)/t15-,22+. The Morgan fingerprint density at radius 1 is 1.30 bits per heavy atom. The van der Waals surface area contributed by atoms with Crippen molar-refractivity contribution in [3.05, 3.63) is 39.9 Å². The molecular formula is C22H27N5O3. The number of hydrogen-bond donors (Lipinski definition) is 2. The van der Waals surface area contributed by atoms with Crippen LogP contribution in [0.3, 0.4) is 0 Å². The Balaban J connectivity index is 1.52. The molecule has 0 radical (unpaired) electrons. The molecule has 2 aromatic heterocycles. The van der Waals surface area contributed by atoms with E-state index in [-0.39, 0.29) is 11.7 Å². The molecule has 0 atom stereocenters. The molecule has 30 heavy (non-hydrogen) atoms. The van der Waals surface area contributed by atoms with Gasteiger partial charge in [-0.25, -0.2) is 9.78 Å². The van der Waals surface area contributed by atoms with Gasteiger partial charge in [0.05, 0.1) is 18.4 Å². The van der Waals surface area contributed by atoms with E-state index in [4.69, 9.17) is 9.72 Å². The Kier molecular flexibility index (Phi) is 4.36. The molecule has 1 saturated carbocycles. The number of fused-ring (bicyclic) bond motifs is 2. The van der Waals surface area contributed by atoms with Crippen LogP contribution in [0.15, 0.2) is 23.1 Å². The summed E-state index contributed by atoms with van der Waals surface area (Å²) in [6.45, 7) is 4.60. The van der Waals surface area contributed by atoms with Crippen LogP contribution in [0.4, 0.5) is 11.6 Å². The minimum absolute atomic E-state index is 0.0306. The molecule has 158 valence electrons. The van der Waals surface area contributed by atoms with E-state index in [1.54, 1.807) is 22.4 Å². The second-order valence-corrected chi connectivity index (χ2v) is 8.84. The van der Waals surface area contributed by atoms with Crippen molar-refractivity contribution in [3.63, 3.8) is 0 Å². The highest BCUT2D eigenvalue weighted by atomic mass is 16.5. The lowest BCUT2D eigenvalue weighted by Crippen LogP contribution is -2.35. The molecule has 1 fully saturated rings. The van der Waals surface area contributed by atoms with Crippen LogP contribution in [0.2, 0.25) is 0 Å². The molecule has 2 aliphatic rings. The third kappa shape index (κ3) is 3.15. The molecule has 3 aromatic rings. The van der Waals surface area contributed by atoms with Gasteiger partial charge in [0.15, 0.2) is 5.65 Å². The SMILES string of the molecule is Cc1cc2c(cc1Nc1ncc3c(n1)n([C@H]1CC[C@@](C)(O)CC1)c(=O)n3C)CCO2. The molecule has 5 rings (SSSR count). The first-order chi connectivity index (χ1) is 14.3. The van der Waals surface area contributed by atoms with Gasteiger partial charge in [0.2, 0.25) is 5.95 Å². The summed E-state index contributed by atoms with van der Waals surface area (Å²) in [5, 5.41) is 13.6. The van der Waals surface area contributed by atoms with Crippen molar-refractivity contribution in [2.45, 2.75) is 57.6 Å². The first kappa shape index (κ1) is 19.1. The number of aromatic nitrogens is 4. The lowest BCUT2D eigenvalue weighted by molar-refractivity contribution is 0.00991. The van der Waals surface area contributed by atoms with Crippen LogP contribution in [0.25, 0.3) is 11.2 Å². The van der Waals surface area contributed by atoms with Gasteiger partial charge in [0.25, 0.3) is 0 Å². The van der Waals surface area contributed by atoms with Crippen molar-refractivity contribution in [1.82, 2.24) is 19.1 Å². The molecule has 0 unspecified atom stereocenters. The predicted octanol–water partition coefficient (Wildman–Crippen LogP) is 2.98. The molecule has 1 aliphatic carbocycles. The summed E-state index contributed by atoms with van der Waals surface area (Å²) in [7, 11) is 1.75. The smallest absolute Gasteiger partial charge is 0.330 e. The number of aliphatic hydroxyl groups is 1. The number of nitrogens with one attached hydrogen (secondary N) is 1. The largest absolute Gasteiger partial charge is 0.493 e. The van der Waals surface area contributed by atoms with Crippen LogP contribution in [-0.4, -0.2) is 36.4 Å². The summed E-state index contributed by atoms with van der Waals surface area (Å²) < 4.78 is 9.02. The van der Waals surface area contributed by atoms with Gasteiger partial charge in [0, 0.05) is 25.2 Å². The summed E-state index contributed by atoms with van der Waals surface area (Å²) in [5.41, 5.74) is 3.78. The van der Waals surface area contributed by atoms with Crippen molar-refractivity contribution in [1.29, 1.82) is 0 Å². The Morgan fingerprint density at radius 3 is 2.83 bits per heavy atom. The number of benzene rings is 1. The molecule has 1 aliphatic heterocycles. The monoisotopic (exact) mass is 409 g/mol. The number of nitrogens with zero attached hydrogens (tertiary/aromatic N) is 4. The van der Waals surface area contributed by atoms with Crippen LogP contribution in [0.5, 0.6) is 5.75 Å². The Labute approximate surface area is 174 Å². The third-order valence-corrected chi connectivity index (χ3v) is 6.51. The molecule has 0 spiro atoms. The fourth-order valence-electron chi connectivity index (χ4n) is 4.59. The van der Waals surface area contributed by atoms with Crippen LogP contribution in [-0.2, 0) is 13.5 Å². The molecular weight excluding hydrogens is 382 g/mol. The van der Waals surface area contributed by atoms with Crippen molar-refractivity contribution in [2.75, 3.05) is 11.9 Å². The number of ether oxygens (including phenoxy) is 1. The quantitative estimate of drug-likeness (QED) is 0.691. The molecule has 2 N–H and O–H groups in total. The van der Waals surface area contributed by atoms with E-state index in [9.17, 15) is 9.90 Å². The van der Waals surface area contributed by atoms with Gasteiger partial charge in [-0.2, -0.15) is 4.98 Å². The van der Waals surface area contributed by atoms with Crippen molar-refractivity contribution in [2.24, 2.45) is 7.05 Å². The topological polar surface area (TPSA) is 94.2 Å². The van der Waals surface area contributed by atoms with Crippen molar-refractivity contribution >= 4 is 22.8 Å². The molecule has 8 heteroatoms. The fraction of sp³-hybridized carbons (Fsp3) is 0.500. The van der Waals surface area contributed by atoms with Crippen LogP contribution < -0.4 is 15.7 Å². The van der Waals surface area contributed by atoms with Crippen LogP contribution in [0.1, 0.15) is 49.8 Å². The van der Waals surface area contributed by atoms with E-state index in [2.05, 4.69) is 16.4 Å². The molecule has 1 aromatic carbocycles. The van der Waals surface area contributed by atoms with E-state index in [1.807, 2.05) is 19.9 Å². The summed E-state index contributed by atoms with van der Waals surface area (Å²) in [4.78, 5) is 22.1. The number of rotatable bonds is 3. The number of imidazole rings is 1. The second-order valence-electron chi connectivity index (χ2n) is 8.84. The molecule has 0 saturated heterocycles. The Bertz CT molecular complexity index is 1180. The minimum Gasteiger partial charge on any atom is -0.493 e. The van der Waals surface area contributed by atoms with Crippen LogP contribution in [0, 0.1) is 6.92 Å². The second kappa shape index (κ2) is 6.84. The normalized spacial score (nSPS) is 23.4. The summed E-state index contributed by atoms with van der Waals surface area (Å²) >= 11 is 0. The fourth-order valence-corrected chi connectivity index (χ4v) is 4.59. The first-order valence-electron chi connectivity index (χ1n) is 10.5. The summed E-state index contributed by atoms with van der Waals surface area (Å²) in [6.07, 6.45) is 5.45. The Hall–Kier alpha value is -2.87. The number of anilines is 2. The molecule has 0 amide bonds. The maximum absolute atomic E-state index is 13.0. The highest BCUT2D eigenvalue weighted by Gasteiger charge is 2.32. The van der Waals surface area contributed by atoms with E-state index in [0.717, 1.165) is 36.3 Å². The third-order valence-electron chi connectivity index (χ3n) is 6.51. The number of hydrogen-bond acceptors (Lipinski definition) is 6. The van der Waals surface area contributed by atoms with Gasteiger partial charge in [0.1, 0.15) is 11.3 Å². The maximum Gasteiger partial charge on any atom is 0.330 e. The van der Waals surface area contributed by atoms with Gasteiger partial charge in [-0.1, -0.05) is 0 Å². The molecule has 3 heterocycles. The highest BCUT2D eigenvalue weighted by molar-refractivity contribution is 5.73. The first-order valence-corrected chi connectivity index (χ1v) is 10.5. The Morgan fingerprint density at radius 2 is 2.07 bits per heavy atom. The molecule has 8 nitrogen and oxygen atoms in total. The average Bonchev–Trinajstić information content (AvgIpc) is 3.25. The van der Waals surface area contributed by atoms with Crippen LogP contribution >= 0.6 is 0 Å². The summed E-state index contributed by atoms with van der Waals surface area (Å²) in [5.74, 6) is 1.41.